The molecule has 3 atom stereocenters. The smallest absolute Gasteiger partial charge is 0.289 e. The van der Waals surface area contributed by atoms with Gasteiger partial charge in [-0.25, -0.2) is 0 Å². The lowest BCUT2D eigenvalue weighted by Crippen LogP contribution is -2.57. The van der Waals surface area contributed by atoms with Gasteiger partial charge in [0, 0.05) is 25.1 Å². The average Bonchev–Trinajstić information content (AvgIpc) is 3.53. The first-order valence-electron chi connectivity index (χ1n) is 15.9. The molecule has 44 heavy (non-hydrogen) atoms. The molecule has 0 spiro atoms. The van der Waals surface area contributed by atoms with Crippen LogP contribution in [0.15, 0.2) is 42.5 Å². The van der Waals surface area contributed by atoms with Crippen molar-refractivity contribution in [2.45, 2.75) is 89.8 Å². The number of ketones is 1. The van der Waals surface area contributed by atoms with Crippen LogP contribution in [0.1, 0.15) is 82.0 Å². The number of benzene rings is 2. The largest absolute Gasteiger partial charge is 0.349 e. The van der Waals surface area contributed by atoms with Crippen molar-refractivity contribution in [2.24, 2.45) is 11.8 Å². The number of rotatable bonds is 13. The number of amides is 4. The molecule has 2 fully saturated rings. The van der Waals surface area contributed by atoms with Gasteiger partial charge in [0.05, 0.1) is 6.04 Å². The van der Waals surface area contributed by atoms with Crippen LogP contribution in [0, 0.1) is 11.8 Å². The zero-order valence-corrected chi connectivity index (χ0v) is 25.7. The Hall–Kier alpha value is -4.08. The fraction of sp³-hybridized carbons (Fsp3) is 0.529. The van der Waals surface area contributed by atoms with Gasteiger partial charge in [-0.2, -0.15) is 0 Å². The molecular formula is C34H44N4O6. The Morgan fingerprint density at radius 2 is 1.64 bits per heavy atom. The standard InChI is InChI=1S/C34H44N4O6/c1-22(2)29(30(40)33(43)35-17-9-19-39)37-32(42)28-14-8-18-38(28)34(44)27(20-23-10-4-3-5-11-23)36-31(41)26-16-15-24-12-6-7-13-25(24)21-26/h6-7,12-13,15-16,19,21-23,27-29H,3-5,8-11,14,17-18,20H2,1-2H3,(H,35,43)(H,36,41)(H,37,42)/t27-,28+,29?/m1/s1. The number of nitrogens with zero attached hydrogens (tertiary/aromatic N) is 1. The summed E-state index contributed by atoms with van der Waals surface area (Å²) in [6.45, 7) is 3.84. The molecule has 1 unspecified atom stereocenters. The van der Waals surface area contributed by atoms with E-state index in [2.05, 4.69) is 16.0 Å². The van der Waals surface area contributed by atoms with E-state index < -0.39 is 35.7 Å². The number of likely N-dealkylation sites (tertiary alicyclic amines) is 1. The molecule has 1 heterocycles. The summed E-state index contributed by atoms with van der Waals surface area (Å²) in [6, 6.07) is 10.5. The molecule has 1 aliphatic carbocycles. The summed E-state index contributed by atoms with van der Waals surface area (Å²) in [4.78, 5) is 78.4. The molecule has 4 amide bonds. The summed E-state index contributed by atoms with van der Waals surface area (Å²) in [5.74, 6) is -2.89. The molecule has 0 bridgehead atoms. The average molecular weight is 605 g/mol. The third-order valence-corrected chi connectivity index (χ3v) is 8.77. The van der Waals surface area contributed by atoms with E-state index in [0.29, 0.717) is 43.6 Å². The van der Waals surface area contributed by atoms with Crippen LogP contribution in [0.5, 0.6) is 0 Å². The molecule has 1 aliphatic heterocycles. The number of hydrogen-bond donors (Lipinski definition) is 3. The van der Waals surface area contributed by atoms with Crippen molar-refractivity contribution in [3.8, 4) is 0 Å². The molecule has 236 valence electrons. The van der Waals surface area contributed by atoms with Crippen molar-refractivity contribution in [1.29, 1.82) is 0 Å². The Labute approximate surface area is 258 Å². The first-order chi connectivity index (χ1) is 21.2. The van der Waals surface area contributed by atoms with Crippen LogP contribution in [-0.2, 0) is 24.0 Å². The number of fused-ring (bicyclic) bond motifs is 1. The van der Waals surface area contributed by atoms with E-state index in [0.717, 1.165) is 42.9 Å². The van der Waals surface area contributed by atoms with Gasteiger partial charge >= 0.3 is 0 Å². The molecule has 10 heteroatoms. The lowest BCUT2D eigenvalue weighted by molar-refractivity contribution is -0.143. The third-order valence-electron chi connectivity index (χ3n) is 8.77. The van der Waals surface area contributed by atoms with E-state index in [1.807, 2.05) is 36.4 Å². The molecule has 2 aromatic rings. The van der Waals surface area contributed by atoms with Crippen LogP contribution < -0.4 is 16.0 Å². The monoisotopic (exact) mass is 604 g/mol. The minimum Gasteiger partial charge on any atom is -0.349 e. The van der Waals surface area contributed by atoms with Gasteiger partial charge in [-0.3, -0.25) is 24.0 Å². The molecule has 0 radical (unpaired) electrons. The summed E-state index contributed by atoms with van der Waals surface area (Å²) in [6.07, 6.45) is 7.56. The Morgan fingerprint density at radius 3 is 2.34 bits per heavy atom. The SMILES string of the molecule is CC(C)C(NC(=O)[C@@H]1CCCN1C(=O)[C@@H](CC1CCCCC1)NC(=O)c1ccc2ccccc2c1)C(=O)C(=O)NCCC=O. The number of carbonyl (C=O) groups excluding carboxylic acids is 6. The lowest BCUT2D eigenvalue weighted by Gasteiger charge is -2.32. The van der Waals surface area contributed by atoms with Gasteiger partial charge in [-0.15, -0.1) is 0 Å². The summed E-state index contributed by atoms with van der Waals surface area (Å²) in [5.41, 5.74) is 0.463. The van der Waals surface area contributed by atoms with Gasteiger partial charge < -0.3 is 25.6 Å². The molecule has 3 N–H and O–H groups in total. The van der Waals surface area contributed by atoms with Crippen molar-refractivity contribution in [3.05, 3.63) is 48.0 Å². The second-order valence-corrected chi connectivity index (χ2v) is 12.3. The number of hydrogen-bond acceptors (Lipinski definition) is 6. The van der Waals surface area contributed by atoms with E-state index >= 15 is 0 Å². The number of nitrogens with one attached hydrogen (secondary N) is 3. The summed E-state index contributed by atoms with van der Waals surface area (Å²) in [5, 5.41) is 10.1. The summed E-state index contributed by atoms with van der Waals surface area (Å²) in [7, 11) is 0. The van der Waals surface area contributed by atoms with Crippen molar-refractivity contribution in [2.75, 3.05) is 13.1 Å². The zero-order chi connectivity index (χ0) is 31.6. The van der Waals surface area contributed by atoms with Crippen LogP contribution in [-0.4, -0.2) is 71.8 Å². The van der Waals surface area contributed by atoms with Gasteiger partial charge in [0.2, 0.25) is 17.6 Å². The molecule has 2 aliphatic rings. The van der Waals surface area contributed by atoms with Gasteiger partial charge in [-0.05, 0) is 54.0 Å². The lowest BCUT2D eigenvalue weighted by atomic mass is 9.84. The second kappa shape index (κ2) is 15.6. The maximum atomic E-state index is 14.1. The Bertz CT molecular complexity index is 1370. The predicted octanol–water partition coefficient (Wildman–Crippen LogP) is 3.31. The molecule has 10 nitrogen and oxygen atoms in total. The number of aldehydes is 1. The van der Waals surface area contributed by atoms with Crippen molar-refractivity contribution < 1.29 is 28.8 Å². The maximum Gasteiger partial charge on any atom is 0.289 e. The van der Waals surface area contributed by atoms with Crippen molar-refractivity contribution in [3.63, 3.8) is 0 Å². The van der Waals surface area contributed by atoms with Crippen LogP contribution >= 0.6 is 0 Å². The second-order valence-electron chi connectivity index (χ2n) is 12.3. The Kier molecular flexibility index (Phi) is 11.6. The highest BCUT2D eigenvalue weighted by Gasteiger charge is 2.40. The first-order valence-corrected chi connectivity index (χ1v) is 15.9. The highest BCUT2D eigenvalue weighted by molar-refractivity contribution is 6.38. The van der Waals surface area contributed by atoms with Crippen LogP contribution in [0.4, 0.5) is 0 Å². The summed E-state index contributed by atoms with van der Waals surface area (Å²) < 4.78 is 0. The van der Waals surface area contributed by atoms with E-state index in [9.17, 15) is 28.8 Å². The minimum absolute atomic E-state index is 0.0328. The molecule has 4 rings (SSSR count). The van der Waals surface area contributed by atoms with Crippen molar-refractivity contribution >= 4 is 46.5 Å². The number of Topliss-reactive ketones (excluding diaryl/α,β-unsaturated/α-hetero) is 1. The molecular weight excluding hydrogens is 560 g/mol. The van der Waals surface area contributed by atoms with Gasteiger partial charge in [0.1, 0.15) is 18.4 Å². The highest BCUT2D eigenvalue weighted by atomic mass is 16.2. The number of carbonyl (C=O) groups is 6. The van der Waals surface area contributed by atoms with Crippen LogP contribution in [0.3, 0.4) is 0 Å². The third kappa shape index (κ3) is 8.30. The van der Waals surface area contributed by atoms with E-state index in [1.54, 1.807) is 19.9 Å². The van der Waals surface area contributed by atoms with E-state index in [-0.39, 0.29) is 30.7 Å². The fourth-order valence-corrected chi connectivity index (χ4v) is 6.31. The van der Waals surface area contributed by atoms with Crippen LogP contribution in [0.2, 0.25) is 0 Å². The normalized spacial score (nSPS) is 18.4. The topological polar surface area (TPSA) is 142 Å². The minimum atomic E-state index is -1.08. The zero-order valence-electron chi connectivity index (χ0n) is 25.7. The van der Waals surface area contributed by atoms with Gasteiger partial charge in [0.25, 0.3) is 11.8 Å². The Balaban J connectivity index is 1.49. The van der Waals surface area contributed by atoms with Gasteiger partial charge in [-0.1, -0.05) is 76.3 Å². The molecule has 0 aromatic heterocycles. The quantitative estimate of drug-likeness (QED) is 0.182. The molecule has 1 saturated heterocycles. The maximum absolute atomic E-state index is 14.1. The Morgan fingerprint density at radius 1 is 0.909 bits per heavy atom. The highest BCUT2D eigenvalue weighted by Crippen LogP contribution is 2.29. The van der Waals surface area contributed by atoms with Crippen LogP contribution in [0.25, 0.3) is 10.8 Å². The van der Waals surface area contributed by atoms with E-state index in [4.69, 9.17) is 0 Å². The summed E-state index contributed by atoms with van der Waals surface area (Å²) >= 11 is 0. The van der Waals surface area contributed by atoms with Gasteiger partial charge in [0.15, 0.2) is 0 Å². The van der Waals surface area contributed by atoms with E-state index in [1.165, 1.54) is 4.90 Å². The van der Waals surface area contributed by atoms with Crippen molar-refractivity contribution in [1.82, 2.24) is 20.9 Å². The fourth-order valence-electron chi connectivity index (χ4n) is 6.31. The molecule has 2 aromatic carbocycles. The first kappa shape index (κ1) is 32.8. The molecule has 1 saturated carbocycles. The predicted molar refractivity (Wildman–Crippen MR) is 167 cm³/mol.